The van der Waals surface area contributed by atoms with Crippen LogP contribution in [0.25, 0.3) is 0 Å². The van der Waals surface area contributed by atoms with Gasteiger partial charge in [-0.3, -0.25) is 29.0 Å². The Bertz CT molecular complexity index is 2350. The van der Waals surface area contributed by atoms with Gasteiger partial charge in [0.25, 0.3) is 0 Å². The van der Waals surface area contributed by atoms with Gasteiger partial charge in [-0.2, -0.15) is 0 Å². The highest BCUT2D eigenvalue weighted by Crippen LogP contribution is 2.44. The third kappa shape index (κ3) is 10.2. The fraction of sp³-hybridized carbons (Fsp3) is 0.319. The second-order valence-corrected chi connectivity index (χ2v) is 16.8. The number of ether oxygens (including phenoxy) is 3. The van der Waals surface area contributed by atoms with Crippen LogP contribution in [0.1, 0.15) is 88.5 Å². The van der Waals surface area contributed by atoms with Crippen molar-refractivity contribution < 1.29 is 38.5 Å². The summed E-state index contributed by atoms with van der Waals surface area (Å²) < 4.78 is 18.4. The van der Waals surface area contributed by atoms with Crippen molar-refractivity contribution in [1.82, 2.24) is 0 Å². The number of methoxy groups -OCH3 is 1. The van der Waals surface area contributed by atoms with Gasteiger partial charge in [-0.05, 0) is 124 Å². The number of carboxylic acid groups (broad SMARTS) is 1. The third-order valence-electron chi connectivity index (χ3n) is 10.3. The van der Waals surface area contributed by atoms with E-state index < -0.39 is 16.8 Å². The molecule has 2 aliphatic rings. The normalized spacial score (nSPS) is 15.2. The van der Waals surface area contributed by atoms with Crippen LogP contribution in [0, 0.1) is 23.7 Å². The van der Waals surface area contributed by atoms with E-state index in [1.165, 1.54) is 7.11 Å². The summed E-state index contributed by atoms with van der Waals surface area (Å²) in [5, 5.41) is 9.06. The Hall–Kier alpha value is -5.56. The predicted octanol–water partition coefficient (Wildman–Crippen LogP) is 9.47. The highest BCUT2D eigenvalue weighted by atomic mass is 79.9. The summed E-state index contributed by atoms with van der Waals surface area (Å²) in [6.45, 7) is 11.3. The fourth-order valence-electron chi connectivity index (χ4n) is 7.02. The quantitative estimate of drug-likeness (QED) is 0.110. The molecule has 2 unspecified atom stereocenters. The first kappa shape index (κ1) is 44.5. The minimum Gasteiger partial charge on any atom is -0.481 e. The molecule has 59 heavy (non-hydrogen) atoms. The van der Waals surface area contributed by atoms with E-state index >= 15 is 0 Å². The molecule has 0 fully saturated rings. The summed E-state index contributed by atoms with van der Waals surface area (Å²) in [4.78, 5) is 51.8. The standard InChI is InChI=1S/C24H24BrNO4.C23H22BrNO4/c1-5-6-17(13-22(27)29-4)16-7-10-19(11-8-16)30-15-26-21-12-9-18(25)14-20(21)24(2,3)23(26)28;1-4-5-16(12-21(26)27)15-6-9-18(10-7-15)29-14-25-20-11-8-17(24)13-19(20)23(2,3)22(25)28/h7-12,14,17H,13,15H2,1-4H3;6-11,13,16H,12,14H2,1-3H3,(H,26,27). The molecule has 2 atom stereocenters. The second-order valence-electron chi connectivity index (χ2n) is 15.0. The molecule has 2 amide bonds. The fourth-order valence-corrected chi connectivity index (χ4v) is 7.74. The van der Waals surface area contributed by atoms with Crippen molar-refractivity contribution in [3.63, 3.8) is 0 Å². The molecule has 0 aliphatic carbocycles. The maximum atomic E-state index is 12.9. The van der Waals surface area contributed by atoms with E-state index in [2.05, 4.69) is 55.5 Å². The molecule has 2 heterocycles. The van der Waals surface area contributed by atoms with Gasteiger partial charge in [-0.1, -0.05) is 68.0 Å². The van der Waals surface area contributed by atoms with Crippen molar-refractivity contribution in [2.75, 3.05) is 30.4 Å². The zero-order chi connectivity index (χ0) is 43.1. The molecule has 0 saturated heterocycles. The monoisotopic (exact) mass is 924 g/mol. The number of carboxylic acids is 1. The van der Waals surface area contributed by atoms with Gasteiger partial charge in [-0.25, -0.2) is 0 Å². The average molecular weight is 927 g/mol. The summed E-state index contributed by atoms with van der Waals surface area (Å²) in [6, 6.07) is 26.2. The topological polar surface area (TPSA) is 123 Å². The van der Waals surface area contributed by atoms with Crippen molar-refractivity contribution in [1.29, 1.82) is 0 Å². The van der Waals surface area contributed by atoms with Crippen LogP contribution < -0.4 is 19.3 Å². The Morgan fingerprint density at radius 3 is 1.41 bits per heavy atom. The summed E-state index contributed by atoms with van der Waals surface area (Å²) in [7, 11) is 1.37. The van der Waals surface area contributed by atoms with Gasteiger partial charge in [0.15, 0.2) is 13.5 Å². The number of nitrogens with zero attached hydrogens (tertiary/aromatic N) is 2. The van der Waals surface area contributed by atoms with Gasteiger partial charge < -0.3 is 19.3 Å². The number of carbonyl (C=O) groups is 4. The summed E-state index contributed by atoms with van der Waals surface area (Å²) in [5.41, 5.74) is 4.16. The Balaban J connectivity index is 0.000000224. The van der Waals surface area contributed by atoms with Crippen molar-refractivity contribution in [3.05, 3.63) is 116 Å². The van der Waals surface area contributed by atoms with Crippen LogP contribution in [0.4, 0.5) is 11.4 Å². The highest BCUT2D eigenvalue weighted by Gasteiger charge is 2.45. The number of hydrogen-bond donors (Lipinski definition) is 1. The second kappa shape index (κ2) is 19.0. The van der Waals surface area contributed by atoms with Crippen LogP contribution in [-0.2, 0) is 34.7 Å². The molecule has 0 radical (unpaired) electrons. The Morgan fingerprint density at radius 1 is 0.661 bits per heavy atom. The Labute approximate surface area is 362 Å². The zero-order valence-corrected chi connectivity index (χ0v) is 37.2. The van der Waals surface area contributed by atoms with Crippen LogP contribution in [0.15, 0.2) is 93.9 Å². The molecule has 2 aliphatic heterocycles. The van der Waals surface area contributed by atoms with Crippen molar-refractivity contribution in [3.8, 4) is 35.2 Å². The largest absolute Gasteiger partial charge is 0.481 e. The predicted molar refractivity (Wildman–Crippen MR) is 234 cm³/mol. The van der Waals surface area contributed by atoms with E-state index in [4.69, 9.17) is 19.3 Å². The molecule has 0 bridgehead atoms. The Kier molecular flexibility index (Phi) is 14.4. The van der Waals surface area contributed by atoms with Gasteiger partial charge in [-0.15, -0.1) is 11.8 Å². The summed E-state index contributed by atoms with van der Waals surface area (Å²) in [5.74, 6) is 11.1. The first-order valence-corrected chi connectivity index (χ1v) is 20.4. The molecule has 306 valence electrons. The zero-order valence-electron chi connectivity index (χ0n) is 34.0. The molecule has 1 N–H and O–H groups in total. The van der Waals surface area contributed by atoms with E-state index in [9.17, 15) is 19.2 Å². The molecule has 0 spiro atoms. The number of esters is 1. The Morgan fingerprint density at radius 2 is 1.05 bits per heavy atom. The van der Waals surface area contributed by atoms with Crippen LogP contribution in [-0.4, -0.2) is 49.4 Å². The molecule has 4 aromatic carbocycles. The number of halogens is 2. The number of fused-ring (bicyclic) bond motifs is 2. The summed E-state index contributed by atoms with van der Waals surface area (Å²) in [6.07, 6.45) is 0.145. The van der Waals surface area contributed by atoms with Crippen molar-refractivity contribution in [2.45, 2.75) is 77.0 Å². The van der Waals surface area contributed by atoms with E-state index in [0.29, 0.717) is 11.5 Å². The molecule has 0 aromatic heterocycles. The third-order valence-corrected chi connectivity index (χ3v) is 11.3. The van der Waals surface area contributed by atoms with Crippen LogP contribution in [0.2, 0.25) is 0 Å². The molecule has 12 heteroatoms. The van der Waals surface area contributed by atoms with Gasteiger partial charge in [0, 0.05) is 8.95 Å². The van der Waals surface area contributed by atoms with Gasteiger partial charge in [0.2, 0.25) is 11.8 Å². The number of amides is 2. The summed E-state index contributed by atoms with van der Waals surface area (Å²) >= 11 is 6.95. The lowest BCUT2D eigenvalue weighted by atomic mass is 9.86. The van der Waals surface area contributed by atoms with E-state index in [1.54, 1.807) is 35.8 Å². The molecule has 4 aromatic rings. The van der Waals surface area contributed by atoms with Crippen molar-refractivity contribution >= 4 is 67.0 Å². The molecule has 6 rings (SSSR count). The first-order valence-electron chi connectivity index (χ1n) is 18.8. The lowest BCUT2D eigenvalue weighted by Crippen LogP contribution is -2.38. The highest BCUT2D eigenvalue weighted by molar-refractivity contribution is 9.10. The number of hydrogen-bond acceptors (Lipinski definition) is 7. The van der Waals surface area contributed by atoms with Gasteiger partial charge in [0.05, 0.1) is 54.0 Å². The van der Waals surface area contributed by atoms with E-state index in [1.807, 2.05) is 100 Å². The van der Waals surface area contributed by atoms with Crippen molar-refractivity contribution in [2.24, 2.45) is 0 Å². The SMILES string of the molecule is CC#CC(CC(=O)O)c1ccc(OCN2C(=O)C(C)(C)c3cc(Br)ccc32)cc1.CC#CC(CC(=O)OC)c1ccc(OCN2C(=O)C(C)(C)c3cc(Br)ccc32)cc1. The maximum absolute atomic E-state index is 12.9. The van der Waals surface area contributed by atoms with Gasteiger partial charge in [0.1, 0.15) is 11.5 Å². The van der Waals surface area contributed by atoms with Gasteiger partial charge >= 0.3 is 11.9 Å². The number of aliphatic carboxylic acids is 1. The first-order chi connectivity index (χ1) is 28.0. The number of benzene rings is 4. The molecular weight excluding hydrogens is 880 g/mol. The number of rotatable bonds is 12. The van der Waals surface area contributed by atoms with Crippen LogP contribution in [0.5, 0.6) is 11.5 Å². The number of carbonyl (C=O) groups excluding carboxylic acids is 3. The van der Waals surface area contributed by atoms with Crippen LogP contribution >= 0.6 is 31.9 Å². The molecular formula is C47H46Br2N2O8. The lowest BCUT2D eigenvalue weighted by Gasteiger charge is -2.21. The van der Waals surface area contributed by atoms with E-state index in [0.717, 1.165) is 42.6 Å². The minimum atomic E-state index is -0.890. The lowest BCUT2D eigenvalue weighted by molar-refractivity contribution is -0.141. The smallest absolute Gasteiger partial charge is 0.307 e. The van der Waals surface area contributed by atoms with E-state index in [-0.39, 0.29) is 55.9 Å². The molecule has 10 nitrogen and oxygen atoms in total. The average Bonchev–Trinajstić information content (AvgIpc) is 3.51. The number of anilines is 2. The minimum absolute atomic E-state index is 0.00332. The maximum Gasteiger partial charge on any atom is 0.307 e. The molecule has 0 saturated carbocycles. The van der Waals surface area contributed by atoms with Crippen LogP contribution in [0.3, 0.4) is 0 Å².